The minimum atomic E-state index is -0.254. The molecule has 3 rings (SSSR count). The molecule has 16 heavy (non-hydrogen) atoms. The lowest BCUT2D eigenvalue weighted by Crippen LogP contribution is -2.38. The zero-order chi connectivity index (χ0) is 11.1. The Morgan fingerprint density at radius 3 is 2.88 bits per heavy atom. The molecule has 1 heterocycles. The fraction of sp³-hybridized carbons (Fsp3) is 0.462. The summed E-state index contributed by atoms with van der Waals surface area (Å²) < 4.78 is 0. The van der Waals surface area contributed by atoms with Crippen molar-refractivity contribution in [3.05, 3.63) is 35.4 Å². The molecule has 3 nitrogen and oxygen atoms in total. The van der Waals surface area contributed by atoms with Gasteiger partial charge in [0.2, 0.25) is 5.91 Å². The summed E-state index contributed by atoms with van der Waals surface area (Å²) in [6, 6.07) is 8.23. The predicted molar refractivity (Wildman–Crippen MR) is 62.1 cm³/mol. The van der Waals surface area contributed by atoms with Crippen molar-refractivity contribution in [1.29, 1.82) is 0 Å². The highest BCUT2D eigenvalue weighted by molar-refractivity contribution is 5.83. The van der Waals surface area contributed by atoms with Gasteiger partial charge in [0, 0.05) is 19.0 Å². The molecule has 1 aliphatic carbocycles. The van der Waals surface area contributed by atoms with E-state index in [1.807, 2.05) is 4.90 Å². The first kappa shape index (κ1) is 9.85. The minimum Gasteiger partial charge on any atom is -0.341 e. The number of carbonyl (C=O) groups excluding carboxylic acids is 1. The van der Waals surface area contributed by atoms with Crippen LogP contribution in [-0.2, 0) is 11.2 Å². The van der Waals surface area contributed by atoms with Gasteiger partial charge in [-0.1, -0.05) is 24.3 Å². The Morgan fingerprint density at radius 2 is 2.19 bits per heavy atom. The molecule has 0 spiro atoms. The molecule has 2 N–H and O–H groups in total. The number of likely N-dealkylation sites (tertiary alicyclic amines) is 1. The third kappa shape index (κ3) is 1.43. The zero-order valence-corrected chi connectivity index (χ0v) is 9.23. The first-order valence-electron chi connectivity index (χ1n) is 5.88. The average Bonchev–Trinajstić information content (AvgIpc) is 2.57. The second-order valence-corrected chi connectivity index (χ2v) is 4.78. The van der Waals surface area contributed by atoms with Crippen LogP contribution in [0.4, 0.5) is 0 Å². The monoisotopic (exact) mass is 216 g/mol. The first-order chi connectivity index (χ1) is 7.75. The number of benzene rings is 1. The Labute approximate surface area is 95.2 Å². The van der Waals surface area contributed by atoms with E-state index < -0.39 is 0 Å². The van der Waals surface area contributed by atoms with Crippen LogP contribution in [-0.4, -0.2) is 29.9 Å². The summed E-state index contributed by atoms with van der Waals surface area (Å²) in [4.78, 5) is 13.6. The molecule has 2 unspecified atom stereocenters. The van der Waals surface area contributed by atoms with Gasteiger partial charge in [-0.05, 0) is 24.0 Å². The summed E-state index contributed by atoms with van der Waals surface area (Å²) in [5.41, 5.74) is 8.55. The second kappa shape index (κ2) is 3.59. The molecule has 1 aliphatic heterocycles. The Balaban J connectivity index is 1.69. The number of carbonyl (C=O) groups is 1. The molecule has 0 bridgehead atoms. The quantitative estimate of drug-likeness (QED) is 0.798. The van der Waals surface area contributed by atoms with Crippen LogP contribution >= 0.6 is 0 Å². The van der Waals surface area contributed by atoms with Gasteiger partial charge in [0.15, 0.2) is 0 Å². The highest BCUT2D eigenvalue weighted by atomic mass is 16.2. The van der Waals surface area contributed by atoms with E-state index >= 15 is 0 Å². The van der Waals surface area contributed by atoms with Gasteiger partial charge in [-0.25, -0.2) is 0 Å². The molecule has 2 atom stereocenters. The molecule has 0 aromatic heterocycles. The summed E-state index contributed by atoms with van der Waals surface area (Å²) in [6.45, 7) is 1.68. The van der Waals surface area contributed by atoms with E-state index in [4.69, 9.17) is 5.73 Å². The van der Waals surface area contributed by atoms with Crippen molar-refractivity contribution in [2.45, 2.75) is 24.8 Å². The normalized spacial score (nSPS) is 27.8. The molecule has 0 saturated carbocycles. The molecule has 84 valence electrons. The number of hydrogen-bond donors (Lipinski definition) is 1. The highest BCUT2D eigenvalue weighted by Crippen LogP contribution is 2.35. The number of nitrogens with two attached hydrogens (primary N) is 1. The van der Waals surface area contributed by atoms with E-state index in [-0.39, 0.29) is 11.9 Å². The maximum Gasteiger partial charge on any atom is 0.239 e. The summed E-state index contributed by atoms with van der Waals surface area (Å²) >= 11 is 0. The van der Waals surface area contributed by atoms with Gasteiger partial charge >= 0.3 is 0 Å². The summed E-state index contributed by atoms with van der Waals surface area (Å²) in [5, 5.41) is 0. The van der Waals surface area contributed by atoms with Crippen LogP contribution in [0, 0.1) is 0 Å². The lowest BCUT2D eigenvalue weighted by Gasteiger charge is -2.33. The molecule has 2 aliphatic rings. The van der Waals surface area contributed by atoms with E-state index in [9.17, 15) is 4.79 Å². The lowest BCUT2D eigenvalue weighted by atomic mass is 9.77. The summed E-state index contributed by atoms with van der Waals surface area (Å²) in [7, 11) is 0. The summed E-state index contributed by atoms with van der Waals surface area (Å²) in [5.74, 6) is 0.662. The van der Waals surface area contributed by atoms with Gasteiger partial charge in [-0.3, -0.25) is 4.79 Å². The van der Waals surface area contributed by atoms with Crippen LogP contribution < -0.4 is 5.73 Å². The van der Waals surface area contributed by atoms with E-state index in [2.05, 4.69) is 24.3 Å². The van der Waals surface area contributed by atoms with Crippen LogP contribution in [0.3, 0.4) is 0 Å². The topological polar surface area (TPSA) is 46.3 Å². The minimum absolute atomic E-state index is 0.129. The highest BCUT2D eigenvalue weighted by Gasteiger charge is 2.33. The fourth-order valence-electron chi connectivity index (χ4n) is 2.74. The SMILES string of the molecule is NC1CCN(CC2Cc3ccccc32)C1=O. The Bertz CT molecular complexity index is 430. The van der Waals surface area contributed by atoms with Crippen molar-refractivity contribution in [3.63, 3.8) is 0 Å². The molecular weight excluding hydrogens is 200 g/mol. The maximum atomic E-state index is 11.7. The third-order valence-corrected chi connectivity index (χ3v) is 3.74. The zero-order valence-electron chi connectivity index (χ0n) is 9.23. The predicted octanol–water partition coefficient (Wildman–Crippen LogP) is 0.886. The van der Waals surface area contributed by atoms with Crippen molar-refractivity contribution in [1.82, 2.24) is 4.90 Å². The molecule has 1 fully saturated rings. The van der Waals surface area contributed by atoms with E-state index in [1.165, 1.54) is 11.1 Å². The summed E-state index contributed by atoms with van der Waals surface area (Å²) in [6.07, 6.45) is 1.92. The average molecular weight is 216 g/mol. The van der Waals surface area contributed by atoms with Crippen LogP contribution in [0.15, 0.2) is 24.3 Å². The largest absolute Gasteiger partial charge is 0.341 e. The Hall–Kier alpha value is -1.35. The number of hydrogen-bond acceptors (Lipinski definition) is 2. The molecule has 1 amide bonds. The smallest absolute Gasteiger partial charge is 0.239 e. The van der Waals surface area contributed by atoms with Gasteiger partial charge in [-0.15, -0.1) is 0 Å². The third-order valence-electron chi connectivity index (χ3n) is 3.74. The van der Waals surface area contributed by atoms with Crippen molar-refractivity contribution in [2.24, 2.45) is 5.73 Å². The van der Waals surface area contributed by atoms with Gasteiger partial charge in [0.25, 0.3) is 0 Å². The van der Waals surface area contributed by atoms with Crippen LogP contribution in [0.5, 0.6) is 0 Å². The molecule has 0 radical (unpaired) electrons. The maximum absolute atomic E-state index is 11.7. The van der Waals surface area contributed by atoms with Gasteiger partial charge in [-0.2, -0.15) is 0 Å². The molecular formula is C13H16N2O. The Kier molecular flexibility index (Phi) is 2.21. The van der Waals surface area contributed by atoms with Gasteiger partial charge in [0.05, 0.1) is 6.04 Å². The number of amides is 1. The fourth-order valence-corrected chi connectivity index (χ4v) is 2.74. The second-order valence-electron chi connectivity index (χ2n) is 4.78. The molecule has 1 saturated heterocycles. The van der Waals surface area contributed by atoms with Crippen LogP contribution in [0.25, 0.3) is 0 Å². The molecule has 1 aromatic rings. The standard InChI is InChI=1S/C13H16N2O/c14-12-5-6-15(13(12)16)8-10-7-9-3-1-2-4-11(9)10/h1-4,10,12H,5-8,14H2. The number of fused-ring (bicyclic) bond motifs is 1. The van der Waals surface area contributed by atoms with E-state index in [1.54, 1.807) is 0 Å². The van der Waals surface area contributed by atoms with Crippen LogP contribution in [0.1, 0.15) is 23.5 Å². The van der Waals surface area contributed by atoms with E-state index in [0.29, 0.717) is 5.92 Å². The van der Waals surface area contributed by atoms with Gasteiger partial charge in [0.1, 0.15) is 0 Å². The number of rotatable bonds is 2. The Morgan fingerprint density at radius 1 is 1.38 bits per heavy atom. The lowest BCUT2D eigenvalue weighted by molar-refractivity contribution is -0.129. The van der Waals surface area contributed by atoms with Gasteiger partial charge < -0.3 is 10.6 Å². The van der Waals surface area contributed by atoms with Crippen molar-refractivity contribution >= 4 is 5.91 Å². The molecule has 3 heteroatoms. The first-order valence-corrected chi connectivity index (χ1v) is 5.88. The van der Waals surface area contributed by atoms with Crippen molar-refractivity contribution in [3.8, 4) is 0 Å². The van der Waals surface area contributed by atoms with E-state index in [0.717, 1.165) is 25.9 Å². The van der Waals surface area contributed by atoms with Crippen molar-refractivity contribution < 1.29 is 4.79 Å². The van der Waals surface area contributed by atoms with Crippen molar-refractivity contribution in [2.75, 3.05) is 13.1 Å². The van der Waals surface area contributed by atoms with Crippen LogP contribution in [0.2, 0.25) is 0 Å². The number of nitrogens with zero attached hydrogens (tertiary/aromatic N) is 1. The molecule has 1 aromatic carbocycles.